The number of hydrogen-bond acceptors (Lipinski definition) is 6. The van der Waals surface area contributed by atoms with E-state index in [9.17, 15) is 18.8 Å². The summed E-state index contributed by atoms with van der Waals surface area (Å²) in [7, 11) is 0. The molecule has 2 heterocycles. The van der Waals surface area contributed by atoms with Gasteiger partial charge in [-0.25, -0.2) is 14.2 Å². The van der Waals surface area contributed by atoms with Crippen molar-refractivity contribution in [1.82, 2.24) is 10.0 Å². The van der Waals surface area contributed by atoms with Crippen LogP contribution >= 0.6 is 11.3 Å². The summed E-state index contributed by atoms with van der Waals surface area (Å²) in [6, 6.07) is 12.3. The summed E-state index contributed by atoms with van der Waals surface area (Å²) >= 11 is 0.930. The van der Waals surface area contributed by atoms with Crippen LogP contribution in [0.25, 0.3) is 10.6 Å². The molecular formula is C19H11FN2O4S. The number of thiazole rings is 1. The summed E-state index contributed by atoms with van der Waals surface area (Å²) < 4.78 is 14.0. The van der Waals surface area contributed by atoms with Crippen molar-refractivity contribution in [2.24, 2.45) is 0 Å². The number of hydroxylamine groups is 2. The first-order valence-electron chi connectivity index (χ1n) is 7.90. The third kappa shape index (κ3) is 2.80. The Bertz CT molecular complexity index is 1070. The molecule has 4 rings (SSSR count). The van der Waals surface area contributed by atoms with Crippen LogP contribution in [0.1, 0.15) is 36.1 Å². The average Bonchev–Trinajstić information content (AvgIpc) is 3.16. The van der Waals surface area contributed by atoms with Crippen LogP contribution < -0.4 is 0 Å². The number of halogens is 1. The molecule has 1 aliphatic heterocycles. The summed E-state index contributed by atoms with van der Waals surface area (Å²) in [6.07, 6.45) is 0. The van der Waals surface area contributed by atoms with Crippen molar-refractivity contribution < 1.29 is 23.6 Å². The first kappa shape index (κ1) is 17.0. The lowest BCUT2D eigenvalue weighted by Gasteiger charge is -2.11. The third-order valence-corrected chi connectivity index (χ3v) is 5.19. The number of carbonyl (C=O) groups is 3. The molecule has 2 amide bonds. The van der Waals surface area contributed by atoms with Crippen LogP contribution in [0.2, 0.25) is 0 Å². The van der Waals surface area contributed by atoms with Crippen molar-refractivity contribution in [3.05, 3.63) is 76.0 Å². The standard InChI is InChI=1S/C19H11FN2O4S/c1-10-15(27-16(21-10)13-8-4-5-9-14(13)20)19(25)26-22-17(23)11-6-2-3-7-12(11)18(22)24/h2-9H,1H3. The van der Waals surface area contributed by atoms with Gasteiger partial charge >= 0.3 is 5.97 Å². The predicted octanol–water partition coefficient (Wildman–Crippen LogP) is 3.63. The number of aromatic nitrogens is 1. The Morgan fingerprint density at radius 3 is 2.15 bits per heavy atom. The van der Waals surface area contributed by atoms with Gasteiger partial charge in [-0.2, -0.15) is 0 Å². The monoisotopic (exact) mass is 382 g/mol. The molecule has 0 atom stereocenters. The number of rotatable bonds is 3. The van der Waals surface area contributed by atoms with Gasteiger partial charge < -0.3 is 4.84 Å². The van der Waals surface area contributed by atoms with Crippen molar-refractivity contribution in [2.45, 2.75) is 6.92 Å². The van der Waals surface area contributed by atoms with Gasteiger partial charge in [0.15, 0.2) is 0 Å². The maximum Gasteiger partial charge on any atom is 0.375 e. The van der Waals surface area contributed by atoms with E-state index < -0.39 is 23.6 Å². The molecule has 0 N–H and O–H groups in total. The normalized spacial score (nSPS) is 13.0. The largest absolute Gasteiger partial charge is 0.375 e. The zero-order chi connectivity index (χ0) is 19.1. The Kier molecular flexibility index (Phi) is 4.04. The average molecular weight is 382 g/mol. The van der Waals surface area contributed by atoms with Crippen LogP contribution in [0.5, 0.6) is 0 Å². The van der Waals surface area contributed by atoms with Crippen molar-refractivity contribution in [2.75, 3.05) is 0 Å². The number of nitrogens with zero attached hydrogens (tertiary/aromatic N) is 2. The molecule has 0 fully saturated rings. The molecular weight excluding hydrogens is 371 g/mol. The Labute approximate surface area is 156 Å². The van der Waals surface area contributed by atoms with Crippen molar-refractivity contribution >= 4 is 29.1 Å². The molecule has 0 aliphatic carbocycles. The van der Waals surface area contributed by atoms with E-state index in [0.29, 0.717) is 15.8 Å². The minimum Gasteiger partial charge on any atom is -0.323 e. The highest BCUT2D eigenvalue weighted by Crippen LogP contribution is 2.31. The van der Waals surface area contributed by atoms with Crippen molar-refractivity contribution in [3.8, 4) is 10.6 Å². The van der Waals surface area contributed by atoms with E-state index in [1.54, 1.807) is 37.3 Å². The Morgan fingerprint density at radius 2 is 1.56 bits per heavy atom. The second-order valence-corrected chi connectivity index (χ2v) is 6.74. The van der Waals surface area contributed by atoms with E-state index in [-0.39, 0.29) is 21.6 Å². The second-order valence-electron chi connectivity index (χ2n) is 5.74. The number of benzene rings is 2. The van der Waals surface area contributed by atoms with Crippen LogP contribution in [0, 0.1) is 12.7 Å². The topological polar surface area (TPSA) is 76.6 Å². The van der Waals surface area contributed by atoms with Crippen LogP contribution in [0.4, 0.5) is 4.39 Å². The molecule has 0 saturated carbocycles. The van der Waals surface area contributed by atoms with E-state index in [0.717, 1.165) is 11.3 Å². The van der Waals surface area contributed by atoms with Gasteiger partial charge in [-0.15, -0.1) is 11.3 Å². The number of aryl methyl sites for hydroxylation is 1. The highest BCUT2D eigenvalue weighted by molar-refractivity contribution is 7.17. The predicted molar refractivity (Wildman–Crippen MR) is 94.6 cm³/mol. The summed E-state index contributed by atoms with van der Waals surface area (Å²) in [5.74, 6) is -2.78. The maximum absolute atomic E-state index is 14.0. The van der Waals surface area contributed by atoms with Crippen LogP contribution in [-0.2, 0) is 4.84 Å². The number of amides is 2. The summed E-state index contributed by atoms with van der Waals surface area (Å²) in [5.41, 5.74) is 0.914. The Hall–Kier alpha value is -3.39. The molecule has 6 nitrogen and oxygen atoms in total. The fraction of sp³-hybridized carbons (Fsp3) is 0.0526. The summed E-state index contributed by atoms with van der Waals surface area (Å²) in [5, 5.41) is 0.745. The number of imide groups is 1. The number of fused-ring (bicyclic) bond motifs is 1. The van der Waals surface area contributed by atoms with Gasteiger partial charge in [-0.05, 0) is 31.2 Å². The van der Waals surface area contributed by atoms with Gasteiger partial charge in [0.2, 0.25) is 0 Å². The third-order valence-electron chi connectivity index (χ3n) is 4.02. The lowest BCUT2D eigenvalue weighted by atomic mass is 10.1. The zero-order valence-corrected chi connectivity index (χ0v) is 14.7. The molecule has 0 radical (unpaired) electrons. The SMILES string of the molecule is Cc1nc(-c2ccccc2F)sc1C(=O)ON1C(=O)c2ccccc2C1=O. The minimum absolute atomic E-state index is 0.0878. The molecule has 0 saturated heterocycles. The highest BCUT2D eigenvalue weighted by Gasteiger charge is 2.39. The van der Waals surface area contributed by atoms with Gasteiger partial charge in [0.05, 0.1) is 16.8 Å². The van der Waals surface area contributed by atoms with Crippen LogP contribution in [0.15, 0.2) is 48.5 Å². The molecule has 134 valence electrons. The first-order valence-corrected chi connectivity index (χ1v) is 8.71. The van der Waals surface area contributed by atoms with E-state index in [2.05, 4.69) is 4.98 Å². The minimum atomic E-state index is -0.901. The smallest absolute Gasteiger partial charge is 0.323 e. The second kappa shape index (κ2) is 6.40. The van der Waals surface area contributed by atoms with Gasteiger partial charge in [0, 0.05) is 5.56 Å². The fourth-order valence-corrected chi connectivity index (χ4v) is 3.68. The number of carbonyl (C=O) groups excluding carboxylic acids is 3. The van der Waals surface area contributed by atoms with E-state index in [4.69, 9.17) is 4.84 Å². The molecule has 27 heavy (non-hydrogen) atoms. The lowest BCUT2D eigenvalue weighted by Crippen LogP contribution is -2.32. The van der Waals surface area contributed by atoms with Gasteiger partial charge in [-0.1, -0.05) is 29.3 Å². The Morgan fingerprint density at radius 1 is 1.00 bits per heavy atom. The summed E-state index contributed by atoms with van der Waals surface area (Å²) in [6.45, 7) is 1.57. The zero-order valence-electron chi connectivity index (χ0n) is 13.9. The van der Waals surface area contributed by atoms with Gasteiger partial charge in [-0.3, -0.25) is 9.59 Å². The summed E-state index contributed by atoms with van der Waals surface area (Å²) in [4.78, 5) is 46.4. The highest BCUT2D eigenvalue weighted by atomic mass is 32.1. The molecule has 0 spiro atoms. The van der Waals surface area contributed by atoms with E-state index in [1.165, 1.54) is 18.2 Å². The molecule has 8 heteroatoms. The van der Waals surface area contributed by atoms with Crippen molar-refractivity contribution in [1.29, 1.82) is 0 Å². The quantitative estimate of drug-likeness (QED) is 0.647. The number of hydrogen-bond donors (Lipinski definition) is 0. The lowest BCUT2D eigenvalue weighted by molar-refractivity contribution is -0.0581. The van der Waals surface area contributed by atoms with Crippen LogP contribution in [-0.4, -0.2) is 27.8 Å². The first-order chi connectivity index (χ1) is 13.0. The molecule has 3 aromatic rings. The molecule has 2 aromatic carbocycles. The van der Waals surface area contributed by atoms with E-state index >= 15 is 0 Å². The molecule has 1 aliphatic rings. The fourth-order valence-electron chi connectivity index (χ4n) is 2.71. The Balaban J connectivity index is 1.61. The molecule has 0 unspecified atom stereocenters. The molecule has 1 aromatic heterocycles. The van der Waals surface area contributed by atoms with Gasteiger partial charge in [0.1, 0.15) is 15.7 Å². The van der Waals surface area contributed by atoms with Crippen LogP contribution in [0.3, 0.4) is 0 Å². The maximum atomic E-state index is 14.0. The van der Waals surface area contributed by atoms with E-state index in [1.807, 2.05) is 0 Å². The van der Waals surface area contributed by atoms with Crippen molar-refractivity contribution in [3.63, 3.8) is 0 Å². The van der Waals surface area contributed by atoms with Gasteiger partial charge in [0.25, 0.3) is 11.8 Å². The molecule has 0 bridgehead atoms.